The maximum atomic E-state index is 14.3. The average Bonchev–Trinajstić information content (AvgIpc) is 3.43. The van der Waals surface area contributed by atoms with Crippen LogP contribution in [0.5, 0.6) is 0 Å². The molecule has 2 aliphatic carbocycles. The molecule has 0 aromatic heterocycles. The second-order valence-corrected chi connectivity index (χ2v) is 6.79. The van der Waals surface area contributed by atoms with E-state index in [0.29, 0.717) is 36.0 Å². The van der Waals surface area contributed by atoms with Crippen LogP contribution in [0, 0.1) is 0 Å². The number of rotatable bonds is 3. The number of hydrogen-bond acceptors (Lipinski definition) is 3. The molecule has 1 aromatic rings. The van der Waals surface area contributed by atoms with Gasteiger partial charge in [0.15, 0.2) is 0 Å². The van der Waals surface area contributed by atoms with Gasteiger partial charge in [-0.1, -0.05) is 12.1 Å². The van der Waals surface area contributed by atoms with Crippen molar-refractivity contribution in [2.24, 2.45) is 0 Å². The number of amides is 1. The van der Waals surface area contributed by atoms with Gasteiger partial charge in [0.05, 0.1) is 7.11 Å². The summed E-state index contributed by atoms with van der Waals surface area (Å²) in [6, 6.07) is 4.84. The van der Waals surface area contributed by atoms with Crippen LogP contribution in [0.2, 0.25) is 0 Å². The molecule has 0 saturated heterocycles. The molecule has 1 amide bonds. The van der Waals surface area contributed by atoms with Gasteiger partial charge < -0.3 is 9.64 Å². The van der Waals surface area contributed by atoms with Crippen LogP contribution in [0.1, 0.15) is 40.7 Å². The zero-order chi connectivity index (χ0) is 16.4. The summed E-state index contributed by atoms with van der Waals surface area (Å²) in [4.78, 5) is 25.4. The van der Waals surface area contributed by atoms with Crippen molar-refractivity contribution in [3.05, 3.63) is 34.9 Å². The lowest BCUT2D eigenvalue weighted by Crippen LogP contribution is -2.47. The molecule has 122 valence electrons. The molecule has 0 unspecified atom stereocenters. The van der Waals surface area contributed by atoms with Crippen LogP contribution in [0.4, 0.5) is 8.78 Å². The summed E-state index contributed by atoms with van der Waals surface area (Å²) in [5.74, 6) is -0.865. The zero-order valence-electron chi connectivity index (χ0n) is 12.8. The van der Waals surface area contributed by atoms with Gasteiger partial charge in [-0.2, -0.15) is 0 Å². The number of halogens is 2. The molecule has 0 bridgehead atoms. The summed E-state index contributed by atoms with van der Waals surface area (Å²) < 4.78 is 33.1. The number of carbonyl (C=O) groups excluding carboxylic acids is 2. The fraction of sp³-hybridized carbons (Fsp3) is 0.529. The lowest BCUT2D eigenvalue weighted by molar-refractivity contribution is -0.141. The summed E-state index contributed by atoms with van der Waals surface area (Å²) in [5, 5.41) is 0. The number of fused-ring (bicyclic) bond motifs is 2. The number of nitrogens with zero attached hydrogens (tertiary/aromatic N) is 1. The number of ether oxygens (including phenoxy) is 1. The maximum Gasteiger partial charge on any atom is 0.325 e. The topological polar surface area (TPSA) is 46.6 Å². The van der Waals surface area contributed by atoms with E-state index in [9.17, 15) is 18.4 Å². The standard InChI is InChI=1S/C17H17F2NO3/c1-23-14(21)8-20-9-16(7-13(16)18)12-6-10(17(19)4-5-17)2-3-11(12)15(20)22/h2-3,6,13H,4-5,7-9H2,1H3/t13-,16-/m1/s1. The van der Waals surface area contributed by atoms with Crippen molar-refractivity contribution in [2.45, 2.75) is 36.5 Å². The van der Waals surface area contributed by atoms with Crippen molar-refractivity contribution in [1.29, 1.82) is 0 Å². The highest BCUT2D eigenvalue weighted by Crippen LogP contribution is 2.56. The van der Waals surface area contributed by atoms with Crippen LogP contribution in [0.15, 0.2) is 18.2 Å². The van der Waals surface area contributed by atoms with Gasteiger partial charge in [-0.25, -0.2) is 8.78 Å². The van der Waals surface area contributed by atoms with Gasteiger partial charge in [-0.05, 0) is 36.5 Å². The Hall–Kier alpha value is -1.98. The molecule has 2 fully saturated rings. The Morgan fingerprint density at radius 3 is 2.70 bits per heavy atom. The third-order valence-corrected chi connectivity index (χ3v) is 5.28. The Morgan fingerprint density at radius 1 is 1.43 bits per heavy atom. The van der Waals surface area contributed by atoms with Gasteiger partial charge in [0, 0.05) is 17.5 Å². The van der Waals surface area contributed by atoms with Crippen molar-refractivity contribution < 1.29 is 23.1 Å². The van der Waals surface area contributed by atoms with Crippen molar-refractivity contribution >= 4 is 11.9 Å². The van der Waals surface area contributed by atoms with Gasteiger partial charge in [0.25, 0.3) is 5.91 Å². The molecule has 0 radical (unpaired) electrons. The van der Waals surface area contributed by atoms with E-state index < -0.39 is 23.2 Å². The van der Waals surface area contributed by atoms with Crippen molar-refractivity contribution in [1.82, 2.24) is 4.90 Å². The van der Waals surface area contributed by atoms with E-state index in [-0.39, 0.29) is 19.0 Å². The highest BCUT2D eigenvalue weighted by molar-refractivity contribution is 5.99. The smallest absolute Gasteiger partial charge is 0.325 e. The summed E-state index contributed by atoms with van der Waals surface area (Å²) in [6.45, 7) is -0.0596. The Morgan fingerprint density at radius 2 is 2.13 bits per heavy atom. The van der Waals surface area contributed by atoms with Crippen molar-refractivity contribution in [3.63, 3.8) is 0 Å². The van der Waals surface area contributed by atoms with E-state index in [1.54, 1.807) is 18.2 Å². The Labute approximate surface area is 132 Å². The second-order valence-electron chi connectivity index (χ2n) is 6.79. The Bertz CT molecular complexity index is 716. The lowest BCUT2D eigenvalue weighted by atomic mass is 9.84. The molecule has 23 heavy (non-hydrogen) atoms. The molecule has 1 aliphatic heterocycles. The first kappa shape index (κ1) is 14.6. The van der Waals surface area contributed by atoms with E-state index in [4.69, 9.17) is 0 Å². The lowest BCUT2D eigenvalue weighted by Gasteiger charge is -2.34. The number of alkyl halides is 2. The first-order chi connectivity index (χ1) is 10.9. The molecule has 4 rings (SSSR count). The molecular formula is C17H17F2NO3. The normalized spacial score (nSPS) is 30.1. The highest BCUT2D eigenvalue weighted by atomic mass is 19.1. The van der Waals surface area contributed by atoms with Gasteiger partial charge >= 0.3 is 5.97 Å². The number of hydrogen-bond donors (Lipinski definition) is 0. The fourth-order valence-corrected chi connectivity index (χ4v) is 3.54. The highest BCUT2D eigenvalue weighted by Gasteiger charge is 2.61. The SMILES string of the molecule is COC(=O)CN1C[C@]2(C[C@H]2F)c2cc(C3(F)CC3)ccc2C1=O. The fourth-order valence-electron chi connectivity index (χ4n) is 3.54. The van der Waals surface area contributed by atoms with E-state index in [2.05, 4.69) is 4.74 Å². The molecule has 2 atom stereocenters. The van der Waals surface area contributed by atoms with Crippen LogP contribution in [-0.2, 0) is 20.6 Å². The monoisotopic (exact) mass is 321 g/mol. The minimum Gasteiger partial charge on any atom is -0.468 e. The van der Waals surface area contributed by atoms with Crippen LogP contribution < -0.4 is 0 Å². The van der Waals surface area contributed by atoms with Crippen LogP contribution in [-0.4, -0.2) is 43.1 Å². The minimum atomic E-state index is -1.32. The van der Waals surface area contributed by atoms with Crippen molar-refractivity contribution in [3.8, 4) is 0 Å². The van der Waals surface area contributed by atoms with E-state index in [1.807, 2.05) is 0 Å². The molecule has 0 N–H and O–H groups in total. The zero-order valence-corrected chi connectivity index (χ0v) is 12.8. The van der Waals surface area contributed by atoms with E-state index in [1.165, 1.54) is 12.0 Å². The second kappa shape index (κ2) is 4.52. The number of methoxy groups -OCH3 is 1. The molecule has 1 spiro atoms. The molecular weight excluding hydrogens is 304 g/mol. The molecule has 2 saturated carbocycles. The van der Waals surface area contributed by atoms with Gasteiger partial charge in [0.2, 0.25) is 0 Å². The first-order valence-corrected chi connectivity index (χ1v) is 7.74. The number of carbonyl (C=O) groups is 2. The predicted octanol–water partition coefficient (Wildman–Crippen LogP) is 2.25. The van der Waals surface area contributed by atoms with Gasteiger partial charge in [0.1, 0.15) is 18.4 Å². The Balaban J connectivity index is 1.74. The number of benzene rings is 1. The summed E-state index contributed by atoms with van der Waals surface area (Å²) in [5.41, 5.74) is -0.614. The van der Waals surface area contributed by atoms with Gasteiger partial charge in [-0.3, -0.25) is 9.59 Å². The average molecular weight is 321 g/mol. The van der Waals surface area contributed by atoms with Crippen molar-refractivity contribution in [2.75, 3.05) is 20.2 Å². The third kappa shape index (κ3) is 2.07. The third-order valence-electron chi connectivity index (χ3n) is 5.28. The van der Waals surface area contributed by atoms with E-state index >= 15 is 0 Å². The summed E-state index contributed by atoms with van der Waals surface area (Å²) >= 11 is 0. The maximum absolute atomic E-state index is 14.3. The molecule has 6 heteroatoms. The molecule has 1 aromatic carbocycles. The minimum absolute atomic E-state index is 0.137. The Kier molecular flexibility index (Phi) is 2.87. The molecule has 4 nitrogen and oxygen atoms in total. The molecule has 1 heterocycles. The molecule has 3 aliphatic rings. The van der Waals surface area contributed by atoms with Crippen LogP contribution in [0.25, 0.3) is 0 Å². The summed E-state index contributed by atoms with van der Waals surface area (Å²) in [6.07, 6.45) is 0.174. The van der Waals surface area contributed by atoms with Crippen LogP contribution >= 0.6 is 0 Å². The van der Waals surface area contributed by atoms with Crippen LogP contribution in [0.3, 0.4) is 0 Å². The first-order valence-electron chi connectivity index (χ1n) is 7.74. The predicted molar refractivity (Wildman–Crippen MR) is 77.6 cm³/mol. The number of esters is 1. The quantitative estimate of drug-likeness (QED) is 0.802. The largest absolute Gasteiger partial charge is 0.468 e. The van der Waals surface area contributed by atoms with E-state index in [0.717, 1.165) is 0 Å². The van der Waals surface area contributed by atoms with Gasteiger partial charge in [-0.15, -0.1) is 0 Å². The summed E-state index contributed by atoms with van der Waals surface area (Å²) in [7, 11) is 1.25.